The number of aliphatic hydroxyl groups excluding tert-OH is 1. The minimum Gasteiger partial charge on any atom is -0.383 e. The second kappa shape index (κ2) is 5.71. The molecule has 0 saturated carbocycles. The van der Waals surface area contributed by atoms with Crippen molar-refractivity contribution in [2.75, 3.05) is 19.6 Å². The fourth-order valence-electron chi connectivity index (χ4n) is 3.07. The molecule has 1 N–H and O–H groups in total. The molecule has 1 aromatic rings. The fraction of sp³-hybridized carbons (Fsp3) is 0.500. The molecule has 10 heteroatoms. The highest BCUT2D eigenvalue weighted by Gasteiger charge is 2.44. The van der Waals surface area contributed by atoms with Crippen LogP contribution in [-0.4, -0.2) is 60.4 Å². The normalized spacial score (nSPS) is 25.8. The first-order valence-corrected chi connectivity index (χ1v) is 8.70. The van der Waals surface area contributed by atoms with E-state index in [0.29, 0.717) is 6.07 Å². The summed E-state index contributed by atoms with van der Waals surface area (Å²) in [5.41, 5.74) is -1.03. The van der Waals surface area contributed by atoms with E-state index in [2.05, 4.69) is 0 Å². The van der Waals surface area contributed by atoms with Gasteiger partial charge < -0.3 is 10.0 Å². The Labute approximate surface area is 136 Å². The molecule has 0 bridgehead atoms. The third-order valence-corrected chi connectivity index (χ3v) is 6.17. The van der Waals surface area contributed by atoms with Gasteiger partial charge in [0, 0.05) is 32.1 Å². The highest BCUT2D eigenvalue weighted by molar-refractivity contribution is 7.89. The topological polar surface area (TPSA) is 77.9 Å². The van der Waals surface area contributed by atoms with E-state index in [9.17, 15) is 31.5 Å². The van der Waals surface area contributed by atoms with Gasteiger partial charge in [-0.15, -0.1) is 0 Å². The first-order valence-electron chi connectivity index (χ1n) is 7.26. The Hall–Kier alpha value is -1.65. The monoisotopic (exact) mass is 364 g/mol. The average molecular weight is 364 g/mol. The Balaban J connectivity index is 1.86. The molecule has 2 heterocycles. The van der Waals surface area contributed by atoms with Gasteiger partial charge in [-0.2, -0.15) is 17.5 Å². The number of carbonyl (C=O) groups excluding carboxylic acids is 1. The molecular weight excluding hydrogens is 349 g/mol. The zero-order valence-electron chi connectivity index (χ0n) is 12.4. The molecule has 0 aliphatic carbocycles. The molecule has 132 valence electrons. The molecule has 6 nitrogen and oxygen atoms in total. The van der Waals surface area contributed by atoms with E-state index in [1.54, 1.807) is 0 Å². The van der Waals surface area contributed by atoms with E-state index in [1.165, 1.54) is 4.90 Å². The van der Waals surface area contributed by atoms with Gasteiger partial charge in [0.1, 0.15) is 6.10 Å². The van der Waals surface area contributed by atoms with Gasteiger partial charge >= 0.3 is 6.18 Å². The number of rotatable bonds is 2. The molecular formula is C14H15F3N2O4S. The van der Waals surface area contributed by atoms with Crippen molar-refractivity contribution in [3.8, 4) is 0 Å². The summed E-state index contributed by atoms with van der Waals surface area (Å²) in [7, 11) is -4.10. The second-order valence-electron chi connectivity index (χ2n) is 5.83. The van der Waals surface area contributed by atoms with Gasteiger partial charge in [-0.05, 0) is 18.2 Å². The van der Waals surface area contributed by atoms with Gasteiger partial charge in [0.15, 0.2) is 0 Å². The van der Waals surface area contributed by atoms with Crippen molar-refractivity contribution >= 4 is 15.9 Å². The number of aliphatic hydroxyl groups is 1. The summed E-state index contributed by atoms with van der Waals surface area (Å²) >= 11 is 0. The summed E-state index contributed by atoms with van der Waals surface area (Å²) in [5, 5.41) is 9.58. The Morgan fingerprint density at radius 3 is 2.58 bits per heavy atom. The molecule has 0 aromatic heterocycles. The van der Waals surface area contributed by atoms with Crippen molar-refractivity contribution in [3.05, 3.63) is 29.8 Å². The van der Waals surface area contributed by atoms with Crippen LogP contribution in [0.5, 0.6) is 0 Å². The molecule has 2 atom stereocenters. The maximum Gasteiger partial charge on any atom is 0.416 e. The number of benzene rings is 1. The first kappa shape index (κ1) is 17.2. The summed E-state index contributed by atoms with van der Waals surface area (Å²) < 4.78 is 64.6. The SMILES string of the molecule is O=C1C(O)CC2CN(S(=O)(=O)c3cccc(C(F)(F)F)c3)CCN12. The predicted octanol–water partition coefficient (Wildman–Crippen LogP) is 0.672. The van der Waals surface area contributed by atoms with Crippen LogP contribution in [0.3, 0.4) is 0 Å². The Morgan fingerprint density at radius 2 is 1.92 bits per heavy atom. The van der Waals surface area contributed by atoms with Gasteiger partial charge in [0.05, 0.1) is 10.5 Å². The van der Waals surface area contributed by atoms with Crippen LogP contribution >= 0.6 is 0 Å². The number of sulfonamides is 1. The lowest BCUT2D eigenvalue weighted by Gasteiger charge is -2.36. The highest BCUT2D eigenvalue weighted by atomic mass is 32.2. The lowest BCUT2D eigenvalue weighted by atomic mass is 10.2. The van der Waals surface area contributed by atoms with Gasteiger partial charge in [0.2, 0.25) is 10.0 Å². The van der Waals surface area contributed by atoms with Crippen LogP contribution < -0.4 is 0 Å². The van der Waals surface area contributed by atoms with Crippen molar-refractivity contribution in [3.63, 3.8) is 0 Å². The number of nitrogens with zero attached hydrogens (tertiary/aromatic N) is 2. The zero-order chi connectivity index (χ0) is 17.7. The maximum atomic E-state index is 12.8. The zero-order valence-corrected chi connectivity index (χ0v) is 13.2. The van der Waals surface area contributed by atoms with E-state index >= 15 is 0 Å². The predicted molar refractivity (Wildman–Crippen MR) is 76.3 cm³/mol. The van der Waals surface area contributed by atoms with Gasteiger partial charge in [-0.3, -0.25) is 4.79 Å². The molecule has 1 aromatic carbocycles. The van der Waals surface area contributed by atoms with Crippen molar-refractivity contribution in [2.45, 2.75) is 29.6 Å². The summed E-state index contributed by atoms with van der Waals surface area (Å²) in [6.45, 7) is 0.0493. The Kier molecular flexibility index (Phi) is 4.09. The molecule has 1 amide bonds. The molecule has 2 unspecified atom stereocenters. The lowest BCUT2D eigenvalue weighted by molar-refractivity contribution is -0.138. The quantitative estimate of drug-likeness (QED) is 0.837. The van der Waals surface area contributed by atoms with Gasteiger partial charge in [-0.25, -0.2) is 8.42 Å². The minimum atomic E-state index is -4.63. The van der Waals surface area contributed by atoms with Crippen LogP contribution in [0.1, 0.15) is 12.0 Å². The molecule has 24 heavy (non-hydrogen) atoms. The van der Waals surface area contributed by atoms with Crippen molar-refractivity contribution in [2.24, 2.45) is 0 Å². The molecule has 2 aliphatic heterocycles. The number of hydrogen-bond donors (Lipinski definition) is 1. The molecule has 2 saturated heterocycles. The van der Waals surface area contributed by atoms with Crippen molar-refractivity contribution in [1.29, 1.82) is 0 Å². The van der Waals surface area contributed by atoms with E-state index in [1.807, 2.05) is 0 Å². The summed E-state index contributed by atoms with van der Waals surface area (Å²) in [6, 6.07) is 3.13. The van der Waals surface area contributed by atoms with Crippen LogP contribution in [-0.2, 0) is 21.0 Å². The summed E-state index contributed by atoms with van der Waals surface area (Å²) in [5.74, 6) is -0.434. The van der Waals surface area contributed by atoms with Crippen LogP contribution in [0.25, 0.3) is 0 Å². The van der Waals surface area contributed by atoms with E-state index < -0.39 is 44.7 Å². The van der Waals surface area contributed by atoms with Crippen LogP contribution in [0.4, 0.5) is 13.2 Å². The molecule has 2 fully saturated rings. The van der Waals surface area contributed by atoms with Crippen molar-refractivity contribution < 1.29 is 31.5 Å². The van der Waals surface area contributed by atoms with Gasteiger partial charge in [0.25, 0.3) is 5.91 Å². The minimum absolute atomic E-state index is 0.0203. The first-order chi connectivity index (χ1) is 11.1. The Morgan fingerprint density at radius 1 is 1.21 bits per heavy atom. The summed E-state index contributed by atoms with van der Waals surface area (Å²) in [4.78, 5) is 12.7. The van der Waals surface area contributed by atoms with E-state index in [-0.39, 0.29) is 26.1 Å². The summed E-state index contributed by atoms with van der Waals surface area (Å²) in [6.07, 6.45) is -5.66. The molecule has 0 spiro atoms. The van der Waals surface area contributed by atoms with E-state index in [0.717, 1.165) is 22.5 Å². The molecule has 2 aliphatic rings. The number of halogens is 3. The number of piperazine rings is 1. The van der Waals surface area contributed by atoms with Gasteiger partial charge in [-0.1, -0.05) is 6.07 Å². The number of hydrogen-bond acceptors (Lipinski definition) is 4. The average Bonchev–Trinajstić information content (AvgIpc) is 2.81. The highest BCUT2D eigenvalue weighted by Crippen LogP contribution is 2.32. The largest absolute Gasteiger partial charge is 0.416 e. The number of amides is 1. The lowest BCUT2D eigenvalue weighted by Crippen LogP contribution is -2.53. The molecule has 0 radical (unpaired) electrons. The maximum absolute atomic E-state index is 12.8. The smallest absolute Gasteiger partial charge is 0.383 e. The third-order valence-electron chi connectivity index (χ3n) is 4.31. The van der Waals surface area contributed by atoms with Crippen LogP contribution in [0, 0.1) is 0 Å². The molecule has 3 rings (SSSR count). The third kappa shape index (κ3) is 2.89. The fourth-order valence-corrected chi connectivity index (χ4v) is 4.58. The number of fused-ring (bicyclic) bond motifs is 1. The number of alkyl halides is 3. The second-order valence-corrected chi connectivity index (χ2v) is 7.76. The van der Waals surface area contributed by atoms with E-state index in [4.69, 9.17) is 0 Å². The Bertz CT molecular complexity index is 766. The van der Waals surface area contributed by atoms with Crippen LogP contribution in [0.2, 0.25) is 0 Å². The number of carbonyl (C=O) groups is 1. The van der Waals surface area contributed by atoms with Crippen molar-refractivity contribution in [1.82, 2.24) is 9.21 Å². The standard InChI is InChI=1S/C14H15F3N2O4S/c15-14(16,17)9-2-1-3-11(6-9)24(22,23)18-4-5-19-10(8-18)7-12(20)13(19)21/h1-3,6,10,12,20H,4-5,7-8H2. The van der Waals surface area contributed by atoms with Crippen LogP contribution in [0.15, 0.2) is 29.2 Å².